The molecule has 1 heterocycles. The van der Waals surface area contributed by atoms with Gasteiger partial charge in [0.2, 0.25) is 0 Å². The molecule has 78 valence electrons. The van der Waals surface area contributed by atoms with Gasteiger partial charge in [0.15, 0.2) is 0 Å². The van der Waals surface area contributed by atoms with Gasteiger partial charge in [-0.1, -0.05) is 18.6 Å². The third kappa shape index (κ3) is 1.43. The number of nitrogens with one attached hydrogen (secondary N) is 1. The lowest BCUT2D eigenvalue weighted by Gasteiger charge is -2.11. The summed E-state index contributed by atoms with van der Waals surface area (Å²) in [7, 11) is 0. The van der Waals surface area contributed by atoms with Crippen LogP contribution in [0.1, 0.15) is 31.0 Å². The van der Waals surface area contributed by atoms with Crippen LogP contribution in [0.15, 0.2) is 24.3 Å². The maximum atomic E-state index is 6.07. The van der Waals surface area contributed by atoms with Crippen LogP contribution in [-0.4, -0.2) is 16.0 Å². The Hall–Kier alpha value is -1.35. The number of nitrogens with zero attached hydrogens (tertiary/aromatic N) is 1. The van der Waals surface area contributed by atoms with E-state index < -0.39 is 0 Å². The van der Waals surface area contributed by atoms with Gasteiger partial charge in [0, 0.05) is 12.0 Å². The molecule has 0 amide bonds. The second-order valence-corrected chi connectivity index (χ2v) is 4.34. The summed E-state index contributed by atoms with van der Waals surface area (Å²) in [4.78, 5) is 7.99. The number of aromatic nitrogens is 2. The molecule has 15 heavy (non-hydrogen) atoms. The van der Waals surface area contributed by atoms with Crippen molar-refractivity contribution in [2.75, 3.05) is 0 Å². The second-order valence-electron chi connectivity index (χ2n) is 4.34. The zero-order valence-electron chi connectivity index (χ0n) is 8.61. The Kier molecular flexibility index (Phi) is 1.99. The highest BCUT2D eigenvalue weighted by atomic mass is 14.9. The Morgan fingerprint density at radius 3 is 2.87 bits per heavy atom. The van der Waals surface area contributed by atoms with Gasteiger partial charge in [-0.2, -0.15) is 0 Å². The average Bonchev–Trinajstić information content (AvgIpc) is 2.82. The van der Waals surface area contributed by atoms with Crippen LogP contribution in [-0.2, 0) is 0 Å². The van der Waals surface area contributed by atoms with Gasteiger partial charge in [-0.3, -0.25) is 0 Å². The summed E-state index contributed by atoms with van der Waals surface area (Å²) in [5.41, 5.74) is 8.24. The van der Waals surface area contributed by atoms with Gasteiger partial charge in [0.05, 0.1) is 11.0 Å². The van der Waals surface area contributed by atoms with Gasteiger partial charge in [-0.15, -0.1) is 0 Å². The molecular formula is C12H15N3. The minimum absolute atomic E-state index is 0.283. The van der Waals surface area contributed by atoms with Gasteiger partial charge in [0.1, 0.15) is 5.82 Å². The fourth-order valence-corrected chi connectivity index (χ4v) is 2.48. The fourth-order valence-electron chi connectivity index (χ4n) is 2.48. The maximum absolute atomic E-state index is 6.07. The van der Waals surface area contributed by atoms with Crippen molar-refractivity contribution in [2.24, 2.45) is 5.73 Å². The number of para-hydroxylation sites is 2. The number of hydrogen-bond acceptors (Lipinski definition) is 2. The average molecular weight is 201 g/mol. The molecule has 3 rings (SSSR count). The predicted molar refractivity (Wildman–Crippen MR) is 60.7 cm³/mol. The van der Waals surface area contributed by atoms with Crippen LogP contribution in [0.3, 0.4) is 0 Å². The van der Waals surface area contributed by atoms with E-state index in [-0.39, 0.29) is 6.04 Å². The van der Waals surface area contributed by atoms with Crippen molar-refractivity contribution in [3.8, 4) is 0 Å². The lowest BCUT2D eigenvalue weighted by atomic mass is 10.0. The quantitative estimate of drug-likeness (QED) is 0.742. The maximum Gasteiger partial charge on any atom is 0.111 e. The number of nitrogens with two attached hydrogens (primary N) is 1. The monoisotopic (exact) mass is 201 g/mol. The van der Waals surface area contributed by atoms with Crippen molar-refractivity contribution >= 4 is 11.0 Å². The van der Waals surface area contributed by atoms with E-state index in [0.717, 1.165) is 23.3 Å². The van der Waals surface area contributed by atoms with E-state index in [2.05, 4.69) is 16.0 Å². The molecule has 1 aromatic heterocycles. The number of rotatable bonds is 1. The van der Waals surface area contributed by atoms with Crippen LogP contribution < -0.4 is 5.73 Å². The topological polar surface area (TPSA) is 54.7 Å². The highest BCUT2D eigenvalue weighted by molar-refractivity contribution is 5.74. The zero-order chi connectivity index (χ0) is 10.3. The van der Waals surface area contributed by atoms with Gasteiger partial charge in [-0.25, -0.2) is 4.98 Å². The number of fused-ring (bicyclic) bond motifs is 1. The van der Waals surface area contributed by atoms with E-state index in [1.807, 2.05) is 18.2 Å². The molecule has 3 N–H and O–H groups in total. The first-order chi connectivity index (χ1) is 7.34. The Labute approximate surface area is 88.7 Å². The van der Waals surface area contributed by atoms with Crippen LogP contribution >= 0.6 is 0 Å². The summed E-state index contributed by atoms with van der Waals surface area (Å²) < 4.78 is 0. The highest BCUT2D eigenvalue weighted by Gasteiger charge is 2.27. The highest BCUT2D eigenvalue weighted by Crippen LogP contribution is 2.32. The van der Waals surface area contributed by atoms with E-state index in [1.165, 1.54) is 12.8 Å². The van der Waals surface area contributed by atoms with Crippen LogP contribution in [0.4, 0.5) is 0 Å². The molecule has 3 nitrogen and oxygen atoms in total. The first-order valence-electron chi connectivity index (χ1n) is 5.55. The molecule has 1 fully saturated rings. The molecule has 0 radical (unpaired) electrons. The van der Waals surface area contributed by atoms with Crippen LogP contribution in [0.5, 0.6) is 0 Å². The van der Waals surface area contributed by atoms with Crippen molar-refractivity contribution in [3.63, 3.8) is 0 Å². The third-order valence-electron chi connectivity index (χ3n) is 3.33. The molecule has 0 bridgehead atoms. The standard InChI is InChI=1S/C12H15N3/c13-9-5-3-4-8(9)12-14-10-6-1-2-7-11(10)15-12/h1-2,6-9H,3-5,13H2,(H,14,15)/t8?,9-/m1/s1. The second kappa shape index (κ2) is 3.35. The lowest BCUT2D eigenvalue weighted by Crippen LogP contribution is -2.23. The Bertz CT molecular complexity index is 441. The van der Waals surface area contributed by atoms with Gasteiger partial charge in [-0.05, 0) is 25.0 Å². The normalized spacial score (nSPS) is 26.2. The number of hydrogen-bond donors (Lipinski definition) is 2. The minimum atomic E-state index is 0.283. The van der Waals surface area contributed by atoms with Crippen molar-refractivity contribution in [1.29, 1.82) is 0 Å². The molecule has 1 saturated carbocycles. The molecule has 1 aliphatic carbocycles. The van der Waals surface area contributed by atoms with Crippen molar-refractivity contribution in [3.05, 3.63) is 30.1 Å². The third-order valence-corrected chi connectivity index (χ3v) is 3.33. The molecular weight excluding hydrogens is 186 g/mol. The first-order valence-corrected chi connectivity index (χ1v) is 5.55. The zero-order valence-corrected chi connectivity index (χ0v) is 8.61. The first kappa shape index (κ1) is 8.92. The van der Waals surface area contributed by atoms with Crippen molar-refractivity contribution in [2.45, 2.75) is 31.2 Å². The summed E-state index contributed by atoms with van der Waals surface area (Å²) in [6.07, 6.45) is 3.52. The Morgan fingerprint density at radius 1 is 1.27 bits per heavy atom. The Balaban J connectivity index is 2.04. The van der Waals surface area contributed by atoms with Gasteiger partial charge < -0.3 is 10.7 Å². The number of imidazole rings is 1. The fraction of sp³-hybridized carbons (Fsp3) is 0.417. The van der Waals surface area contributed by atoms with E-state index in [1.54, 1.807) is 0 Å². The van der Waals surface area contributed by atoms with Crippen molar-refractivity contribution in [1.82, 2.24) is 9.97 Å². The molecule has 1 unspecified atom stereocenters. The molecule has 0 spiro atoms. The molecule has 1 aromatic carbocycles. The molecule has 2 aromatic rings. The molecule has 0 saturated heterocycles. The lowest BCUT2D eigenvalue weighted by molar-refractivity contribution is 0.588. The number of benzene rings is 1. The molecule has 3 heteroatoms. The summed E-state index contributed by atoms with van der Waals surface area (Å²) in [5, 5.41) is 0. The van der Waals surface area contributed by atoms with E-state index in [4.69, 9.17) is 5.73 Å². The van der Waals surface area contributed by atoms with E-state index in [9.17, 15) is 0 Å². The SMILES string of the molecule is N[C@@H]1CCCC1c1nc2ccccc2[nH]1. The summed E-state index contributed by atoms with van der Waals surface area (Å²) in [6.45, 7) is 0. The Morgan fingerprint density at radius 2 is 2.13 bits per heavy atom. The summed E-state index contributed by atoms with van der Waals surface area (Å²) in [6, 6.07) is 8.42. The molecule has 1 aliphatic rings. The minimum Gasteiger partial charge on any atom is -0.342 e. The van der Waals surface area contributed by atoms with Crippen molar-refractivity contribution < 1.29 is 0 Å². The predicted octanol–water partition coefficient (Wildman–Crippen LogP) is 2.16. The number of H-pyrrole nitrogens is 1. The molecule has 2 atom stereocenters. The summed E-state index contributed by atoms with van der Waals surface area (Å²) in [5.74, 6) is 1.50. The van der Waals surface area contributed by atoms with Gasteiger partial charge in [0.25, 0.3) is 0 Å². The van der Waals surface area contributed by atoms with Crippen LogP contribution in [0.25, 0.3) is 11.0 Å². The smallest absolute Gasteiger partial charge is 0.111 e. The van der Waals surface area contributed by atoms with Crippen LogP contribution in [0.2, 0.25) is 0 Å². The molecule has 0 aliphatic heterocycles. The largest absolute Gasteiger partial charge is 0.342 e. The summed E-state index contributed by atoms with van der Waals surface area (Å²) >= 11 is 0. The number of aromatic amines is 1. The van der Waals surface area contributed by atoms with E-state index >= 15 is 0 Å². The van der Waals surface area contributed by atoms with Gasteiger partial charge >= 0.3 is 0 Å². The van der Waals surface area contributed by atoms with Crippen LogP contribution in [0, 0.1) is 0 Å². The van der Waals surface area contributed by atoms with E-state index in [0.29, 0.717) is 5.92 Å².